The van der Waals surface area contributed by atoms with E-state index in [0.717, 1.165) is 38.2 Å². The van der Waals surface area contributed by atoms with Crippen LogP contribution in [0.25, 0.3) is 0 Å². The van der Waals surface area contributed by atoms with Gasteiger partial charge in [-0.15, -0.1) is 0 Å². The van der Waals surface area contributed by atoms with E-state index in [4.69, 9.17) is 13.9 Å². The molecule has 1 spiro atoms. The van der Waals surface area contributed by atoms with Gasteiger partial charge in [0.25, 0.3) is 10.2 Å². The summed E-state index contributed by atoms with van der Waals surface area (Å²) < 4.78 is 46.7. The van der Waals surface area contributed by atoms with Crippen LogP contribution in [0.15, 0.2) is 22.8 Å². The van der Waals surface area contributed by atoms with Gasteiger partial charge in [-0.05, 0) is 25.0 Å². The zero-order chi connectivity index (χ0) is 18.5. The lowest BCUT2D eigenvalue weighted by atomic mass is 9.74. The predicted molar refractivity (Wildman–Crippen MR) is 97.1 cm³/mol. The molecule has 1 aromatic rings. The molecule has 9 heteroatoms. The number of likely N-dealkylation sites (tertiary alicyclic amines) is 1. The average molecular weight is 397 g/mol. The van der Waals surface area contributed by atoms with Gasteiger partial charge in [0, 0.05) is 44.6 Å². The number of morpholine rings is 1. The molecule has 0 amide bonds. The van der Waals surface area contributed by atoms with Crippen LogP contribution in [0, 0.1) is 11.8 Å². The molecule has 4 aliphatic rings. The zero-order valence-corrected chi connectivity index (χ0v) is 16.2. The maximum absolute atomic E-state index is 12.6. The fourth-order valence-electron chi connectivity index (χ4n) is 5.38. The minimum absolute atomic E-state index is 0.105. The molecule has 2 bridgehead atoms. The van der Waals surface area contributed by atoms with Gasteiger partial charge in [0.1, 0.15) is 5.76 Å². The molecule has 4 fully saturated rings. The maximum atomic E-state index is 12.6. The molecule has 4 aliphatic heterocycles. The van der Waals surface area contributed by atoms with Crippen molar-refractivity contribution >= 4 is 10.2 Å². The van der Waals surface area contributed by atoms with Crippen molar-refractivity contribution in [3.05, 3.63) is 24.2 Å². The van der Waals surface area contributed by atoms with Crippen LogP contribution in [0.2, 0.25) is 0 Å². The highest BCUT2D eigenvalue weighted by Crippen LogP contribution is 2.54. The summed E-state index contributed by atoms with van der Waals surface area (Å²) in [7, 11) is -3.45. The second-order valence-electron chi connectivity index (χ2n) is 8.14. The summed E-state index contributed by atoms with van der Waals surface area (Å²) >= 11 is 0. The SMILES string of the molecule is O=S(=O)(NC[C@H]1[C@H]2CN(Cc3ccco3)C[C@]23CC[C@H]1O3)N1CCOCC1. The van der Waals surface area contributed by atoms with E-state index in [2.05, 4.69) is 9.62 Å². The third-order valence-electron chi connectivity index (χ3n) is 6.63. The average Bonchev–Trinajstić information content (AvgIpc) is 3.42. The smallest absolute Gasteiger partial charge is 0.279 e. The molecule has 0 radical (unpaired) electrons. The Labute approximate surface area is 160 Å². The van der Waals surface area contributed by atoms with Crippen molar-refractivity contribution in [3.8, 4) is 0 Å². The monoisotopic (exact) mass is 397 g/mol. The maximum Gasteiger partial charge on any atom is 0.279 e. The van der Waals surface area contributed by atoms with E-state index in [1.165, 1.54) is 4.31 Å². The molecule has 27 heavy (non-hydrogen) atoms. The lowest BCUT2D eigenvalue weighted by Gasteiger charge is -2.31. The van der Waals surface area contributed by atoms with Crippen LogP contribution in [0.3, 0.4) is 0 Å². The number of nitrogens with zero attached hydrogens (tertiary/aromatic N) is 2. The van der Waals surface area contributed by atoms with Gasteiger partial charge >= 0.3 is 0 Å². The Morgan fingerprint density at radius 2 is 2.15 bits per heavy atom. The quantitative estimate of drug-likeness (QED) is 0.749. The molecule has 1 N–H and O–H groups in total. The van der Waals surface area contributed by atoms with Gasteiger partial charge in [-0.3, -0.25) is 4.90 Å². The van der Waals surface area contributed by atoms with Crippen molar-refractivity contribution in [2.45, 2.75) is 31.1 Å². The number of ether oxygens (including phenoxy) is 2. The highest BCUT2D eigenvalue weighted by Gasteiger charge is 2.62. The van der Waals surface area contributed by atoms with E-state index in [0.29, 0.717) is 38.8 Å². The van der Waals surface area contributed by atoms with Crippen LogP contribution in [-0.4, -0.2) is 75.3 Å². The number of furan rings is 1. The van der Waals surface area contributed by atoms with Gasteiger partial charge in [0.05, 0.1) is 37.7 Å². The number of rotatable bonds is 6. The van der Waals surface area contributed by atoms with E-state index in [-0.39, 0.29) is 17.6 Å². The summed E-state index contributed by atoms with van der Waals surface area (Å²) in [4.78, 5) is 2.38. The minimum Gasteiger partial charge on any atom is -0.468 e. The molecular weight excluding hydrogens is 370 g/mol. The molecule has 5 rings (SSSR count). The van der Waals surface area contributed by atoms with Gasteiger partial charge in [-0.25, -0.2) is 4.72 Å². The Kier molecular flexibility index (Phi) is 4.57. The van der Waals surface area contributed by atoms with Gasteiger partial charge in [0.15, 0.2) is 0 Å². The van der Waals surface area contributed by atoms with E-state index in [1.54, 1.807) is 6.26 Å². The van der Waals surface area contributed by atoms with E-state index < -0.39 is 10.2 Å². The number of fused-ring (bicyclic) bond motifs is 1. The Hall–Kier alpha value is -0.970. The first-order valence-electron chi connectivity index (χ1n) is 9.81. The molecule has 0 aliphatic carbocycles. The lowest BCUT2D eigenvalue weighted by molar-refractivity contribution is 0.00173. The summed E-state index contributed by atoms with van der Waals surface area (Å²) in [6.07, 6.45) is 3.97. The fraction of sp³-hybridized carbons (Fsp3) is 0.778. The van der Waals surface area contributed by atoms with E-state index in [1.807, 2.05) is 12.1 Å². The van der Waals surface area contributed by atoms with Crippen LogP contribution in [0.4, 0.5) is 0 Å². The molecule has 8 nitrogen and oxygen atoms in total. The molecule has 1 aromatic heterocycles. The van der Waals surface area contributed by atoms with Crippen molar-refractivity contribution in [1.29, 1.82) is 0 Å². The molecule has 150 valence electrons. The first-order chi connectivity index (χ1) is 13.1. The number of hydrogen-bond acceptors (Lipinski definition) is 6. The topological polar surface area (TPSA) is 84.2 Å². The second-order valence-corrected chi connectivity index (χ2v) is 9.90. The molecule has 0 unspecified atom stereocenters. The molecule has 4 atom stereocenters. The van der Waals surface area contributed by atoms with Crippen molar-refractivity contribution in [1.82, 2.24) is 13.9 Å². The molecule has 5 heterocycles. The van der Waals surface area contributed by atoms with Crippen LogP contribution < -0.4 is 4.72 Å². The van der Waals surface area contributed by atoms with Gasteiger partial charge in [-0.1, -0.05) is 0 Å². The molecule has 0 aromatic carbocycles. The third kappa shape index (κ3) is 3.24. The van der Waals surface area contributed by atoms with Crippen molar-refractivity contribution in [2.75, 3.05) is 45.9 Å². The first kappa shape index (κ1) is 18.1. The third-order valence-corrected chi connectivity index (χ3v) is 8.20. The molecule has 0 saturated carbocycles. The van der Waals surface area contributed by atoms with Crippen molar-refractivity contribution in [3.63, 3.8) is 0 Å². The van der Waals surface area contributed by atoms with Crippen LogP contribution in [-0.2, 0) is 26.2 Å². The van der Waals surface area contributed by atoms with Gasteiger partial charge in [0.2, 0.25) is 0 Å². The molecule has 4 saturated heterocycles. The van der Waals surface area contributed by atoms with E-state index in [9.17, 15) is 8.42 Å². The Bertz CT molecular complexity index is 764. The lowest BCUT2D eigenvalue weighted by Crippen LogP contribution is -2.49. The minimum atomic E-state index is -3.45. The van der Waals surface area contributed by atoms with Crippen molar-refractivity contribution < 1.29 is 22.3 Å². The number of hydrogen-bond donors (Lipinski definition) is 1. The van der Waals surface area contributed by atoms with E-state index >= 15 is 0 Å². The Morgan fingerprint density at radius 3 is 2.93 bits per heavy atom. The predicted octanol–water partition coefficient (Wildman–Crippen LogP) is 0.426. The number of nitrogens with one attached hydrogen (secondary N) is 1. The summed E-state index contributed by atoms with van der Waals surface area (Å²) in [6, 6.07) is 3.91. The summed E-state index contributed by atoms with van der Waals surface area (Å²) in [6.45, 7) is 4.83. The van der Waals surface area contributed by atoms with Crippen LogP contribution in [0.5, 0.6) is 0 Å². The standard InChI is InChI=1S/C18H27N3O5S/c22-27(23,21-5-8-24-9-6-21)19-10-15-16-12-20(11-14-2-1-7-25-14)13-18(16)4-3-17(15)26-18/h1-2,7,15-17,19H,3-6,8-13H2/t15-,16+,17+,18+/m0/s1. The largest absolute Gasteiger partial charge is 0.468 e. The van der Waals surface area contributed by atoms with Crippen LogP contribution in [0.1, 0.15) is 18.6 Å². The Balaban J connectivity index is 1.24. The Morgan fingerprint density at radius 1 is 1.30 bits per heavy atom. The van der Waals surface area contributed by atoms with Crippen LogP contribution >= 0.6 is 0 Å². The summed E-state index contributed by atoms with van der Waals surface area (Å²) in [5.74, 6) is 1.57. The van der Waals surface area contributed by atoms with Gasteiger partial charge < -0.3 is 13.9 Å². The normalized spacial score (nSPS) is 37.1. The highest BCUT2D eigenvalue weighted by molar-refractivity contribution is 7.87. The van der Waals surface area contributed by atoms with Gasteiger partial charge in [-0.2, -0.15) is 12.7 Å². The zero-order valence-electron chi connectivity index (χ0n) is 15.4. The summed E-state index contributed by atoms with van der Waals surface area (Å²) in [5.41, 5.74) is -0.105. The highest BCUT2D eigenvalue weighted by atomic mass is 32.2. The fourth-order valence-corrected chi connectivity index (χ4v) is 6.60. The van der Waals surface area contributed by atoms with Crippen molar-refractivity contribution in [2.24, 2.45) is 11.8 Å². The summed E-state index contributed by atoms with van der Waals surface area (Å²) in [5, 5.41) is 0. The molecular formula is C18H27N3O5S. The second kappa shape index (κ2) is 6.82. The first-order valence-corrected chi connectivity index (χ1v) is 11.2.